The quantitative estimate of drug-likeness (QED) is 0.179. The normalized spacial score (nSPS) is 12.1. The molecule has 8 aromatic carbocycles. The van der Waals surface area contributed by atoms with E-state index in [2.05, 4.69) is 127 Å². The van der Waals surface area contributed by atoms with Gasteiger partial charge in [0.2, 0.25) is 0 Å². The maximum absolute atomic E-state index is 6.43. The summed E-state index contributed by atoms with van der Waals surface area (Å²) in [5.74, 6) is 0.856. The number of hydrogen-bond acceptors (Lipinski definition) is 3. The smallest absolute Gasteiger partial charge is 0.136 e. The fraction of sp³-hybridized carbons (Fsp3) is 0. The van der Waals surface area contributed by atoms with Gasteiger partial charge in [-0.15, -0.1) is 11.3 Å². The molecule has 0 radical (unpaired) electrons. The molecular weight excluding hydrogens is 617 g/mol. The number of benzene rings is 8. The second-order valence-corrected chi connectivity index (χ2v) is 13.9. The SMILES string of the molecule is c1ccc(-c2cc3c(ccc4oc5ccc(-c6c7ccccc7c(-c7ccc8c(c7)sc7ccccc78)c7ccccc67)cc5c43)o2)cc1. The average molecular weight is 643 g/mol. The Labute approximate surface area is 285 Å². The van der Waals surface area contributed by atoms with E-state index in [4.69, 9.17) is 8.83 Å². The molecule has 3 aromatic heterocycles. The highest BCUT2D eigenvalue weighted by molar-refractivity contribution is 7.25. The van der Waals surface area contributed by atoms with Crippen molar-refractivity contribution < 1.29 is 8.83 Å². The Morgan fingerprint density at radius 3 is 1.59 bits per heavy atom. The van der Waals surface area contributed by atoms with Crippen molar-refractivity contribution in [3.8, 4) is 33.6 Å². The Morgan fingerprint density at radius 1 is 0.327 bits per heavy atom. The highest BCUT2D eigenvalue weighted by atomic mass is 32.1. The van der Waals surface area contributed by atoms with Gasteiger partial charge >= 0.3 is 0 Å². The second kappa shape index (κ2) is 10.2. The van der Waals surface area contributed by atoms with Crippen LogP contribution < -0.4 is 0 Å². The zero-order valence-corrected chi connectivity index (χ0v) is 27.1. The van der Waals surface area contributed by atoms with Crippen molar-refractivity contribution in [3.63, 3.8) is 0 Å². The molecule has 228 valence electrons. The summed E-state index contributed by atoms with van der Waals surface area (Å²) in [6.45, 7) is 0. The summed E-state index contributed by atoms with van der Waals surface area (Å²) in [4.78, 5) is 0. The lowest BCUT2D eigenvalue weighted by Crippen LogP contribution is -1.90. The topological polar surface area (TPSA) is 26.3 Å². The van der Waals surface area contributed by atoms with Gasteiger partial charge in [0.1, 0.15) is 22.5 Å². The summed E-state index contributed by atoms with van der Waals surface area (Å²) in [5, 5.41) is 10.8. The fourth-order valence-corrected chi connectivity index (χ4v) is 9.06. The van der Waals surface area contributed by atoms with Gasteiger partial charge in [-0.1, -0.05) is 115 Å². The minimum atomic E-state index is 0.856. The third-order valence-electron chi connectivity index (χ3n) is 10.1. The molecular formula is C46H26O2S. The van der Waals surface area contributed by atoms with Crippen molar-refractivity contribution in [2.24, 2.45) is 0 Å². The summed E-state index contributed by atoms with van der Waals surface area (Å²) in [6.07, 6.45) is 0. The lowest BCUT2D eigenvalue weighted by atomic mass is 9.85. The molecule has 11 aromatic rings. The van der Waals surface area contributed by atoms with Gasteiger partial charge in [-0.25, -0.2) is 0 Å². The van der Waals surface area contributed by atoms with Crippen molar-refractivity contribution in [1.82, 2.24) is 0 Å². The molecule has 0 bridgehead atoms. The third-order valence-corrected chi connectivity index (χ3v) is 11.2. The van der Waals surface area contributed by atoms with E-state index < -0.39 is 0 Å². The summed E-state index contributed by atoms with van der Waals surface area (Å²) < 4.78 is 15.4. The minimum Gasteiger partial charge on any atom is -0.456 e. The third kappa shape index (κ3) is 3.94. The molecule has 49 heavy (non-hydrogen) atoms. The lowest BCUT2D eigenvalue weighted by Gasteiger charge is -2.18. The van der Waals surface area contributed by atoms with E-state index in [1.165, 1.54) is 58.4 Å². The van der Waals surface area contributed by atoms with E-state index in [1.54, 1.807) is 0 Å². The highest BCUT2D eigenvalue weighted by Gasteiger charge is 2.20. The highest BCUT2D eigenvalue weighted by Crippen LogP contribution is 2.47. The first-order chi connectivity index (χ1) is 24.3. The van der Waals surface area contributed by atoms with Crippen molar-refractivity contribution in [2.45, 2.75) is 0 Å². The van der Waals surface area contributed by atoms with Crippen LogP contribution in [0, 0.1) is 0 Å². The van der Waals surface area contributed by atoms with Crippen LogP contribution >= 0.6 is 11.3 Å². The number of furan rings is 2. The zero-order valence-electron chi connectivity index (χ0n) is 26.2. The summed E-state index contributed by atoms with van der Waals surface area (Å²) in [5.41, 5.74) is 8.57. The van der Waals surface area contributed by atoms with Crippen LogP contribution in [0.4, 0.5) is 0 Å². The first kappa shape index (κ1) is 26.9. The van der Waals surface area contributed by atoms with Crippen LogP contribution in [-0.4, -0.2) is 0 Å². The molecule has 0 N–H and O–H groups in total. The van der Waals surface area contributed by atoms with E-state index in [0.717, 1.165) is 49.8 Å². The monoisotopic (exact) mass is 642 g/mol. The van der Waals surface area contributed by atoms with Crippen LogP contribution in [0.1, 0.15) is 0 Å². The van der Waals surface area contributed by atoms with Crippen LogP contribution in [0.2, 0.25) is 0 Å². The van der Waals surface area contributed by atoms with Gasteiger partial charge in [0.05, 0.1) is 0 Å². The Morgan fingerprint density at radius 2 is 0.857 bits per heavy atom. The molecule has 0 aliphatic carbocycles. The van der Waals surface area contributed by atoms with Crippen LogP contribution in [0.15, 0.2) is 167 Å². The number of hydrogen-bond donors (Lipinski definition) is 0. The average Bonchev–Trinajstić information content (AvgIpc) is 3.86. The fourth-order valence-electron chi connectivity index (χ4n) is 7.92. The number of thiophene rings is 1. The first-order valence-corrected chi connectivity index (χ1v) is 17.4. The molecule has 2 nitrogen and oxygen atoms in total. The van der Waals surface area contributed by atoms with Crippen LogP contribution in [-0.2, 0) is 0 Å². The Bertz CT molecular complexity index is 3050. The van der Waals surface area contributed by atoms with Gasteiger partial charge in [0.15, 0.2) is 0 Å². The van der Waals surface area contributed by atoms with Crippen LogP contribution in [0.3, 0.4) is 0 Å². The van der Waals surface area contributed by atoms with E-state index in [1.807, 2.05) is 41.7 Å². The van der Waals surface area contributed by atoms with Crippen molar-refractivity contribution in [3.05, 3.63) is 158 Å². The van der Waals surface area contributed by atoms with Crippen molar-refractivity contribution in [2.75, 3.05) is 0 Å². The molecule has 0 saturated carbocycles. The van der Waals surface area contributed by atoms with E-state index >= 15 is 0 Å². The molecule has 0 aliphatic rings. The summed E-state index contributed by atoms with van der Waals surface area (Å²) in [7, 11) is 0. The van der Waals surface area contributed by atoms with Crippen molar-refractivity contribution >= 4 is 86.0 Å². The lowest BCUT2D eigenvalue weighted by molar-refractivity contribution is 0.631. The molecule has 3 heterocycles. The largest absolute Gasteiger partial charge is 0.456 e. The predicted molar refractivity (Wildman–Crippen MR) is 208 cm³/mol. The summed E-state index contributed by atoms with van der Waals surface area (Å²) >= 11 is 1.87. The molecule has 0 fully saturated rings. The van der Waals surface area contributed by atoms with E-state index in [9.17, 15) is 0 Å². The molecule has 3 heteroatoms. The van der Waals surface area contributed by atoms with Gasteiger partial charge in [0.25, 0.3) is 0 Å². The molecule has 0 unspecified atom stereocenters. The molecule has 0 atom stereocenters. The zero-order chi connectivity index (χ0) is 32.1. The van der Waals surface area contributed by atoms with Gasteiger partial charge in [0, 0.05) is 41.9 Å². The summed E-state index contributed by atoms with van der Waals surface area (Å²) in [6, 6.07) is 56.6. The number of rotatable bonds is 3. The second-order valence-electron chi connectivity index (χ2n) is 12.8. The van der Waals surface area contributed by atoms with Crippen LogP contribution in [0.5, 0.6) is 0 Å². The maximum atomic E-state index is 6.43. The Balaban J connectivity index is 1.17. The van der Waals surface area contributed by atoms with E-state index in [-0.39, 0.29) is 0 Å². The standard InChI is InChI=1S/C46H26O2S/c1-2-10-27(11-3-1)41-26-37-39(48-41)22-23-40-46(37)36-24-28(19-21-38(36)47-40)44-32-13-4-6-15-34(32)45(35-16-7-5-14-33(35)44)29-18-20-31-30-12-8-9-17-42(30)49-43(31)25-29/h1-26H. The van der Waals surface area contributed by atoms with Gasteiger partial charge in [-0.2, -0.15) is 0 Å². The molecule has 11 rings (SSSR count). The first-order valence-electron chi connectivity index (χ1n) is 16.6. The Hall–Kier alpha value is -6.16. The van der Waals surface area contributed by atoms with Gasteiger partial charge in [-0.3, -0.25) is 0 Å². The van der Waals surface area contributed by atoms with Gasteiger partial charge < -0.3 is 8.83 Å². The molecule has 0 saturated heterocycles. The predicted octanol–water partition coefficient (Wildman–Crippen LogP) is 14.0. The maximum Gasteiger partial charge on any atom is 0.136 e. The van der Waals surface area contributed by atoms with E-state index in [0.29, 0.717) is 0 Å². The van der Waals surface area contributed by atoms with Crippen molar-refractivity contribution in [1.29, 1.82) is 0 Å². The van der Waals surface area contributed by atoms with Crippen LogP contribution in [0.25, 0.3) is 108 Å². The molecule has 0 amide bonds. The minimum absolute atomic E-state index is 0.856. The molecule has 0 spiro atoms. The number of fused-ring (bicyclic) bond motifs is 10. The van der Waals surface area contributed by atoms with Gasteiger partial charge in [-0.05, 0) is 86.3 Å². The molecule has 0 aliphatic heterocycles. The Kier molecular flexibility index (Phi) is 5.57.